The fourth-order valence-electron chi connectivity index (χ4n) is 1.81. The molecule has 1 aromatic rings. The molecule has 0 amide bonds. The van der Waals surface area contributed by atoms with Crippen molar-refractivity contribution in [2.45, 2.75) is 40.5 Å². The molecule has 1 N–H and O–H groups in total. The van der Waals surface area contributed by atoms with Crippen LogP contribution in [0.3, 0.4) is 0 Å². The third-order valence-electron chi connectivity index (χ3n) is 2.63. The van der Waals surface area contributed by atoms with Gasteiger partial charge in [-0.05, 0) is 18.8 Å². The number of aryl methyl sites for hydroxylation is 1. The third kappa shape index (κ3) is 4.39. The van der Waals surface area contributed by atoms with Crippen LogP contribution in [0.5, 0.6) is 0 Å². The number of nitrogens with one attached hydrogen (secondary N) is 1. The fraction of sp³-hybridized carbons (Fsp3) is 0.615. The summed E-state index contributed by atoms with van der Waals surface area (Å²) in [6.45, 7) is 9.28. The van der Waals surface area contributed by atoms with E-state index in [-0.39, 0.29) is 5.41 Å². The summed E-state index contributed by atoms with van der Waals surface area (Å²) >= 11 is 0. The van der Waals surface area contributed by atoms with Crippen LogP contribution in [0, 0.1) is 23.7 Å². The van der Waals surface area contributed by atoms with E-state index >= 15 is 0 Å². The van der Waals surface area contributed by atoms with Gasteiger partial charge in [0.2, 0.25) is 0 Å². The van der Waals surface area contributed by atoms with E-state index in [0.717, 1.165) is 18.8 Å². The van der Waals surface area contributed by atoms with Crippen LogP contribution in [0.2, 0.25) is 0 Å². The van der Waals surface area contributed by atoms with E-state index in [1.165, 1.54) is 6.42 Å². The monoisotopic (exact) mass is 232 g/mol. The van der Waals surface area contributed by atoms with Gasteiger partial charge in [-0.2, -0.15) is 5.26 Å². The highest BCUT2D eigenvalue weighted by Crippen LogP contribution is 2.22. The molecule has 0 atom stereocenters. The van der Waals surface area contributed by atoms with Crippen molar-refractivity contribution in [1.29, 1.82) is 5.26 Å². The highest BCUT2D eigenvalue weighted by atomic mass is 15.0. The summed E-state index contributed by atoms with van der Waals surface area (Å²) in [5.41, 5.74) is 0.647. The molecule has 0 aliphatic carbocycles. The second-order valence-corrected chi connectivity index (χ2v) is 5.07. The van der Waals surface area contributed by atoms with E-state index in [9.17, 15) is 0 Å². The summed E-state index contributed by atoms with van der Waals surface area (Å²) in [4.78, 5) is 8.29. The first-order chi connectivity index (χ1) is 7.96. The zero-order valence-electron chi connectivity index (χ0n) is 11.0. The fourth-order valence-corrected chi connectivity index (χ4v) is 1.81. The van der Waals surface area contributed by atoms with Gasteiger partial charge >= 0.3 is 0 Å². The molecule has 4 nitrogen and oxygen atoms in total. The Labute approximate surface area is 103 Å². The van der Waals surface area contributed by atoms with Crippen molar-refractivity contribution in [2.24, 2.45) is 5.41 Å². The number of nitrogens with zero attached hydrogens (tertiary/aromatic N) is 3. The first kappa shape index (κ1) is 13.4. The molecule has 0 saturated carbocycles. The number of hydrogen-bond acceptors (Lipinski definition) is 4. The largest absolute Gasteiger partial charge is 0.369 e. The van der Waals surface area contributed by atoms with Crippen LogP contribution in [-0.2, 0) is 0 Å². The average Bonchev–Trinajstić information content (AvgIpc) is 2.26. The smallest absolute Gasteiger partial charge is 0.146 e. The zero-order valence-corrected chi connectivity index (χ0v) is 11.0. The van der Waals surface area contributed by atoms with E-state index in [1.54, 1.807) is 13.0 Å². The number of aromatic nitrogens is 2. The predicted molar refractivity (Wildman–Crippen MR) is 68.7 cm³/mol. The number of anilines is 1. The van der Waals surface area contributed by atoms with Gasteiger partial charge in [-0.3, -0.25) is 0 Å². The lowest BCUT2D eigenvalue weighted by Crippen LogP contribution is -2.23. The van der Waals surface area contributed by atoms with Gasteiger partial charge < -0.3 is 5.32 Å². The maximum atomic E-state index is 8.83. The van der Waals surface area contributed by atoms with Crippen molar-refractivity contribution in [3.8, 4) is 6.07 Å². The lowest BCUT2D eigenvalue weighted by molar-refractivity contribution is 0.354. The molecule has 0 aliphatic rings. The van der Waals surface area contributed by atoms with Crippen LogP contribution in [0.4, 0.5) is 5.82 Å². The first-order valence-corrected chi connectivity index (χ1v) is 5.96. The molecule has 4 heteroatoms. The maximum absolute atomic E-state index is 8.83. The first-order valence-electron chi connectivity index (χ1n) is 5.96. The van der Waals surface area contributed by atoms with Crippen molar-refractivity contribution in [2.75, 3.05) is 11.9 Å². The standard InChI is InChI=1S/C13H20N4/c1-5-6-13(3,4)9-15-12-7-11(8-14)16-10(2)17-12/h7H,5-6,9H2,1-4H3,(H,15,16,17). The van der Waals surface area contributed by atoms with Crippen molar-refractivity contribution >= 4 is 5.82 Å². The molecule has 0 spiro atoms. The Hall–Kier alpha value is -1.63. The average molecular weight is 232 g/mol. The normalized spacial score (nSPS) is 11.0. The summed E-state index contributed by atoms with van der Waals surface area (Å²) in [7, 11) is 0. The van der Waals surface area contributed by atoms with Crippen LogP contribution in [0.25, 0.3) is 0 Å². The summed E-state index contributed by atoms with van der Waals surface area (Å²) in [6.07, 6.45) is 2.33. The minimum atomic E-state index is 0.237. The molecule has 0 unspecified atom stereocenters. The van der Waals surface area contributed by atoms with Crippen molar-refractivity contribution in [3.63, 3.8) is 0 Å². The van der Waals surface area contributed by atoms with E-state index in [0.29, 0.717) is 11.5 Å². The zero-order chi connectivity index (χ0) is 12.9. The minimum absolute atomic E-state index is 0.237. The van der Waals surface area contributed by atoms with Crippen molar-refractivity contribution in [1.82, 2.24) is 9.97 Å². The quantitative estimate of drug-likeness (QED) is 0.848. The van der Waals surface area contributed by atoms with Crippen LogP contribution in [0.15, 0.2) is 6.07 Å². The summed E-state index contributed by atoms with van der Waals surface area (Å²) < 4.78 is 0. The van der Waals surface area contributed by atoms with Gasteiger partial charge in [0.1, 0.15) is 23.4 Å². The highest BCUT2D eigenvalue weighted by Gasteiger charge is 2.16. The molecular weight excluding hydrogens is 212 g/mol. The summed E-state index contributed by atoms with van der Waals surface area (Å²) in [5, 5.41) is 12.1. The Kier molecular flexibility index (Phi) is 4.45. The molecule has 1 heterocycles. The molecular formula is C13H20N4. The van der Waals surface area contributed by atoms with E-state index < -0.39 is 0 Å². The predicted octanol–water partition coefficient (Wildman–Crippen LogP) is 2.89. The third-order valence-corrected chi connectivity index (χ3v) is 2.63. The van der Waals surface area contributed by atoms with Crippen LogP contribution >= 0.6 is 0 Å². The molecule has 1 aromatic heterocycles. The minimum Gasteiger partial charge on any atom is -0.369 e. The summed E-state index contributed by atoms with van der Waals surface area (Å²) in [6, 6.07) is 3.73. The van der Waals surface area contributed by atoms with Crippen LogP contribution < -0.4 is 5.32 Å². The SMILES string of the molecule is CCCC(C)(C)CNc1cc(C#N)nc(C)n1. The maximum Gasteiger partial charge on any atom is 0.146 e. The second kappa shape index (κ2) is 5.62. The Bertz CT molecular complexity index is 418. The van der Waals surface area contributed by atoms with E-state index in [1.807, 2.05) is 6.07 Å². The van der Waals surface area contributed by atoms with Gasteiger partial charge in [0.25, 0.3) is 0 Å². The molecule has 92 valence electrons. The Morgan fingerprint density at radius 2 is 2.12 bits per heavy atom. The van der Waals surface area contributed by atoms with Crippen molar-refractivity contribution < 1.29 is 0 Å². The molecule has 0 bridgehead atoms. The van der Waals surface area contributed by atoms with Crippen LogP contribution in [-0.4, -0.2) is 16.5 Å². The molecule has 0 saturated heterocycles. The second-order valence-electron chi connectivity index (χ2n) is 5.07. The molecule has 1 rings (SSSR count). The molecule has 0 aliphatic heterocycles. The molecule has 0 radical (unpaired) electrons. The van der Waals surface area contributed by atoms with Gasteiger partial charge in [0, 0.05) is 12.6 Å². The Balaban J connectivity index is 2.70. The van der Waals surface area contributed by atoms with Crippen LogP contribution in [0.1, 0.15) is 45.1 Å². The van der Waals surface area contributed by atoms with Gasteiger partial charge in [-0.1, -0.05) is 27.2 Å². The van der Waals surface area contributed by atoms with Gasteiger partial charge in [-0.25, -0.2) is 9.97 Å². The van der Waals surface area contributed by atoms with E-state index in [2.05, 4.69) is 36.1 Å². The van der Waals surface area contributed by atoms with E-state index in [4.69, 9.17) is 5.26 Å². The van der Waals surface area contributed by atoms with Gasteiger partial charge in [-0.15, -0.1) is 0 Å². The highest BCUT2D eigenvalue weighted by molar-refractivity contribution is 5.40. The Morgan fingerprint density at radius 3 is 2.71 bits per heavy atom. The van der Waals surface area contributed by atoms with Gasteiger partial charge in [0.05, 0.1) is 0 Å². The number of hydrogen-bond donors (Lipinski definition) is 1. The number of nitriles is 1. The summed E-state index contributed by atoms with van der Waals surface area (Å²) in [5.74, 6) is 1.36. The lowest BCUT2D eigenvalue weighted by Gasteiger charge is -2.24. The van der Waals surface area contributed by atoms with Crippen molar-refractivity contribution in [3.05, 3.63) is 17.6 Å². The molecule has 17 heavy (non-hydrogen) atoms. The number of rotatable bonds is 5. The lowest BCUT2D eigenvalue weighted by atomic mass is 9.88. The molecule has 0 aromatic carbocycles. The Morgan fingerprint density at radius 1 is 1.41 bits per heavy atom. The molecule has 0 fully saturated rings. The van der Waals surface area contributed by atoms with Gasteiger partial charge in [0.15, 0.2) is 0 Å². The topological polar surface area (TPSA) is 61.6 Å².